The molecule has 2 heterocycles. The summed E-state index contributed by atoms with van der Waals surface area (Å²) in [6.45, 7) is 0. The number of carbonyl (C=O) groups is 1. The summed E-state index contributed by atoms with van der Waals surface area (Å²) in [5, 5.41) is 3.06. The number of furan rings is 1. The lowest BCUT2D eigenvalue weighted by Gasteiger charge is -1.96. The van der Waals surface area contributed by atoms with Gasteiger partial charge < -0.3 is 4.42 Å². The molecule has 0 aliphatic rings. The second-order valence-electron chi connectivity index (χ2n) is 4.39. The first-order valence-corrected chi connectivity index (χ1v) is 8.58. The Kier molecular flexibility index (Phi) is 3.26. The Morgan fingerprint density at radius 3 is 2.81 bits per heavy atom. The molecule has 8 heteroatoms. The maximum atomic E-state index is 11.9. The van der Waals surface area contributed by atoms with Gasteiger partial charge in [0.2, 0.25) is 0 Å². The smallest absolute Gasteiger partial charge is 0.260 e. The maximum Gasteiger partial charge on any atom is 0.260 e. The van der Waals surface area contributed by atoms with Gasteiger partial charge in [-0.3, -0.25) is 10.1 Å². The number of benzene rings is 1. The van der Waals surface area contributed by atoms with Gasteiger partial charge in [0, 0.05) is 6.26 Å². The SMILES string of the molecule is CS(=O)(=O)c1ccc2nc(NC(=O)c3ccoc3)sc2c1. The topological polar surface area (TPSA) is 89.3 Å². The lowest BCUT2D eigenvalue weighted by Crippen LogP contribution is -2.10. The third kappa shape index (κ3) is 2.81. The fourth-order valence-electron chi connectivity index (χ4n) is 1.75. The van der Waals surface area contributed by atoms with Crippen LogP contribution in [0.25, 0.3) is 10.2 Å². The number of sulfone groups is 1. The second kappa shape index (κ2) is 4.97. The quantitative estimate of drug-likeness (QED) is 0.800. The van der Waals surface area contributed by atoms with Crippen molar-refractivity contribution in [3.63, 3.8) is 0 Å². The van der Waals surface area contributed by atoms with Gasteiger partial charge in [-0.2, -0.15) is 0 Å². The average molecular weight is 322 g/mol. The molecule has 0 aliphatic carbocycles. The Bertz CT molecular complexity index is 911. The van der Waals surface area contributed by atoms with Crippen LogP contribution in [-0.4, -0.2) is 25.6 Å². The van der Waals surface area contributed by atoms with Crippen LogP contribution in [0.3, 0.4) is 0 Å². The predicted molar refractivity (Wildman–Crippen MR) is 79.4 cm³/mol. The number of hydrogen-bond acceptors (Lipinski definition) is 6. The molecule has 1 N–H and O–H groups in total. The molecular weight excluding hydrogens is 312 g/mol. The molecular formula is C13H10N2O4S2. The molecule has 0 aliphatic heterocycles. The van der Waals surface area contributed by atoms with E-state index in [4.69, 9.17) is 4.42 Å². The summed E-state index contributed by atoms with van der Waals surface area (Å²) in [6.07, 6.45) is 3.90. The van der Waals surface area contributed by atoms with E-state index in [1.165, 1.54) is 29.9 Å². The molecule has 0 saturated heterocycles. The van der Waals surface area contributed by atoms with E-state index in [2.05, 4.69) is 10.3 Å². The fraction of sp³-hybridized carbons (Fsp3) is 0.0769. The molecule has 3 rings (SSSR count). The van der Waals surface area contributed by atoms with Crippen LogP contribution >= 0.6 is 11.3 Å². The molecule has 6 nitrogen and oxygen atoms in total. The maximum absolute atomic E-state index is 11.9. The number of nitrogens with one attached hydrogen (secondary N) is 1. The number of thiazole rings is 1. The van der Waals surface area contributed by atoms with Gasteiger partial charge in [0.25, 0.3) is 5.91 Å². The lowest BCUT2D eigenvalue weighted by atomic mass is 10.3. The predicted octanol–water partition coefficient (Wildman–Crippen LogP) is 2.55. The van der Waals surface area contributed by atoms with Crippen molar-refractivity contribution >= 4 is 42.4 Å². The fourth-order valence-corrected chi connectivity index (χ4v) is 3.37. The molecule has 0 spiro atoms. The normalized spacial score (nSPS) is 11.7. The van der Waals surface area contributed by atoms with E-state index in [1.807, 2.05) is 0 Å². The van der Waals surface area contributed by atoms with E-state index in [0.717, 1.165) is 6.26 Å². The van der Waals surface area contributed by atoms with E-state index in [1.54, 1.807) is 18.2 Å². The molecule has 108 valence electrons. The second-order valence-corrected chi connectivity index (χ2v) is 7.43. The van der Waals surface area contributed by atoms with Crippen LogP contribution in [0.15, 0.2) is 46.1 Å². The minimum atomic E-state index is -3.26. The number of fused-ring (bicyclic) bond motifs is 1. The Morgan fingerprint density at radius 2 is 2.14 bits per heavy atom. The van der Waals surface area contributed by atoms with Crippen molar-refractivity contribution in [1.82, 2.24) is 4.98 Å². The van der Waals surface area contributed by atoms with Crippen LogP contribution < -0.4 is 5.32 Å². The van der Waals surface area contributed by atoms with Gasteiger partial charge in [0.1, 0.15) is 6.26 Å². The van der Waals surface area contributed by atoms with Crippen molar-refractivity contribution in [2.24, 2.45) is 0 Å². The van der Waals surface area contributed by atoms with Crippen molar-refractivity contribution < 1.29 is 17.6 Å². The van der Waals surface area contributed by atoms with E-state index in [0.29, 0.717) is 20.9 Å². The number of rotatable bonds is 3. The van der Waals surface area contributed by atoms with Crippen molar-refractivity contribution in [3.05, 3.63) is 42.4 Å². The van der Waals surface area contributed by atoms with Crippen molar-refractivity contribution in [2.45, 2.75) is 4.90 Å². The highest BCUT2D eigenvalue weighted by Crippen LogP contribution is 2.28. The molecule has 0 radical (unpaired) electrons. The first-order chi connectivity index (χ1) is 9.93. The number of carbonyl (C=O) groups excluding carboxylic acids is 1. The number of hydrogen-bond donors (Lipinski definition) is 1. The molecule has 0 bridgehead atoms. The van der Waals surface area contributed by atoms with Crippen molar-refractivity contribution in [2.75, 3.05) is 11.6 Å². The Labute approximate surface area is 124 Å². The summed E-state index contributed by atoms with van der Waals surface area (Å²) in [5.74, 6) is -0.328. The van der Waals surface area contributed by atoms with E-state index in [-0.39, 0.29) is 10.8 Å². The summed E-state index contributed by atoms with van der Waals surface area (Å²) < 4.78 is 28.6. The first kappa shape index (κ1) is 13.8. The van der Waals surface area contributed by atoms with Crippen LogP contribution in [0.1, 0.15) is 10.4 Å². The number of anilines is 1. The zero-order valence-corrected chi connectivity index (χ0v) is 12.5. The largest absolute Gasteiger partial charge is 0.472 e. The highest BCUT2D eigenvalue weighted by Gasteiger charge is 2.13. The Morgan fingerprint density at radius 1 is 1.33 bits per heavy atom. The van der Waals surface area contributed by atoms with E-state index >= 15 is 0 Å². The lowest BCUT2D eigenvalue weighted by molar-refractivity contribution is 0.102. The average Bonchev–Trinajstić information content (AvgIpc) is 3.05. The number of amides is 1. The van der Waals surface area contributed by atoms with Gasteiger partial charge in [-0.15, -0.1) is 0 Å². The van der Waals surface area contributed by atoms with Crippen LogP contribution in [0.5, 0.6) is 0 Å². The number of aromatic nitrogens is 1. The summed E-state index contributed by atoms with van der Waals surface area (Å²) >= 11 is 1.22. The standard InChI is InChI=1S/C13H10N2O4S2/c1-21(17,18)9-2-3-10-11(6-9)20-13(14-10)15-12(16)8-4-5-19-7-8/h2-7H,1H3,(H,14,15,16). The Hall–Kier alpha value is -2.19. The van der Waals surface area contributed by atoms with Crippen molar-refractivity contribution in [1.29, 1.82) is 0 Å². The van der Waals surface area contributed by atoms with Gasteiger partial charge >= 0.3 is 0 Å². The van der Waals surface area contributed by atoms with Crippen LogP contribution in [0, 0.1) is 0 Å². The third-order valence-corrected chi connectivity index (χ3v) is 4.84. The summed E-state index contributed by atoms with van der Waals surface area (Å²) in [7, 11) is -3.26. The molecule has 1 amide bonds. The Balaban J connectivity index is 1.93. The first-order valence-electron chi connectivity index (χ1n) is 5.88. The number of nitrogens with zero attached hydrogens (tertiary/aromatic N) is 1. The van der Waals surface area contributed by atoms with E-state index in [9.17, 15) is 13.2 Å². The molecule has 0 atom stereocenters. The molecule has 0 unspecified atom stereocenters. The van der Waals surface area contributed by atoms with Gasteiger partial charge in [-0.25, -0.2) is 13.4 Å². The zero-order chi connectivity index (χ0) is 15.0. The van der Waals surface area contributed by atoms with Gasteiger partial charge in [-0.05, 0) is 24.3 Å². The van der Waals surface area contributed by atoms with Crippen LogP contribution in [0.4, 0.5) is 5.13 Å². The highest BCUT2D eigenvalue weighted by atomic mass is 32.2. The van der Waals surface area contributed by atoms with E-state index < -0.39 is 9.84 Å². The zero-order valence-electron chi connectivity index (χ0n) is 10.9. The van der Waals surface area contributed by atoms with Gasteiger partial charge in [-0.1, -0.05) is 11.3 Å². The van der Waals surface area contributed by atoms with Crippen LogP contribution in [-0.2, 0) is 9.84 Å². The molecule has 0 fully saturated rings. The summed E-state index contributed by atoms with van der Waals surface area (Å²) in [5.41, 5.74) is 1.03. The molecule has 3 aromatic rings. The van der Waals surface area contributed by atoms with Crippen LogP contribution in [0.2, 0.25) is 0 Å². The van der Waals surface area contributed by atoms with Gasteiger partial charge in [0.15, 0.2) is 15.0 Å². The third-order valence-electron chi connectivity index (χ3n) is 2.79. The van der Waals surface area contributed by atoms with Gasteiger partial charge in [0.05, 0.1) is 26.9 Å². The summed E-state index contributed by atoms with van der Waals surface area (Å²) in [6, 6.07) is 6.22. The molecule has 0 saturated carbocycles. The van der Waals surface area contributed by atoms with Crippen molar-refractivity contribution in [3.8, 4) is 0 Å². The molecule has 21 heavy (non-hydrogen) atoms. The minimum absolute atomic E-state index is 0.228. The monoisotopic (exact) mass is 322 g/mol. The molecule has 1 aromatic carbocycles. The minimum Gasteiger partial charge on any atom is -0.472 e. The molecule has 2 aromatic heterocycles. The highest BCUT2D eigenvalue weighted by molar-refractivity contribution is 7.90. The summed E-state index contributed by atoms with van der Waals surface area (Å²) in [4.78, 5) is 16.4.